The van der Waals surface area contributed by atoms with Crippen molar-refractivity contribution in [1.82, 2.24) is 9.13 Å². The highest BCUT2D eigenvalue weighted by atomic mass is 16.1. The molecule has 0 amide bonds. The Labute approximate surface area is 105 Å². The molecule has 3 rings (SSSR count). The highest BCUT2D eigenvalue weighted by Gasteiger charge is 2.25. The van der Waals surface area contributed by atoms with E-state index in [1.165, 1.54) is 0 Å². The van der Waals surface area contributed by atoms with Crippen molar-refractivity contribution in [3.8, 4) is 6.07 Å². The van der Waals surface area contributed by atoms with Gasteiger partial charge in [-0.25, -0.2) is 4.79 Å². The van der Waals surface area contributed by atoms with Crippen LogP contribution in [0.4, 0.5) is 0 Å². The molecule has 0 spiro atoms. The SMILES string of the molecule is N#Cc1ccccc1Cn1ccn(C2CC2)c1=O. The molecule has 0 atom stereocenters. The average molecular weight is 239 g/mol. The summed E-state index contributed by atoms with van der Waals surface area (Å²) in [6, 6.07) is 9.93. The first kappa shape index (κ1) is 10.8. The molecule has 1 aromatic heterocycles. The third-order valence-electron chi connectivity index (χ3n) is 3.29. The summed E-state index contributed by atoms with van der Waals surface area (Å²) in [6.07, 6.45) is 5.83. The lowest BCUT2D eigenvalue weighted by molar-refractivity contribution is 0.656. The lowest BCUT2D eigenvalue weighted by atomic mass is 10.1. The number of benzene rings is 1. The van der Waals surface area contributed by atoms with Crippen LogP contribution in [0.15, 0.2) is 41.5 Å². The normalized spacial score (nSPS) is 14.4. The van der Waals surface area contributed by atoms with Gasteiger partial charge in [-0.2, -0.15) is 5.26 Å². The van der Waals surface area contributed by atoms with E-state index in [0.29, 0.717) is 18.2 Å². The first-order valence-corrected chi connectivity index (χ1v) is 6.05. The molecule has 1 aliphatic rings. The van der Waals surface area contributed by atoms with Crippen molar-refractivity contribution in [3.63, 3.8) is 0 Å². The zero-order valence-electron chi connectivity index (χ0n) is 9.91. The maximum Gasteiger partial charge on any atom is 0.328 e. The van der Waals surface area contributed by atoms with E-state index < -0.39 is 0 Å². The first-order valence-electron chi connectivity index (χ1n) is 6.05. The molecular formula is C14H13N3O. The summed E-state index contributed by atoms with van der Waals surface area (Å²) in [4.78, 5) is 12.1. The van der Waals surface area contributed by atoms with E-state index in [4.69, 9.17) is 5.26 Å². The van der Waals surface area contributed by atoms with Crippen LogP contribution < -0.4 is 5.69 Å². The van der Waals surface area contributed by atoms with E-state index in [1.807, 2.05) is 24.4 Å². The van der Waals surface area contributed by atoms with Crippen molar-refractivity contribution < 1.29 is 0 Å². The fourth-order valence-electron chi connectivity index (χ4n) is 2.13. The minimum absolute atomic E-state index is 0.0187. The van der Waals surface area contributed by atoms with Crippen LogP contribution in [-0.4, -0.2) is 9.13 Å². The monoisotopic (exact) mass is 239 g/mol. The van der Waals surface area contributed by atoms with Gasteiger partial charge >= 0.3 is 5.69 Å². The molecule has 0 radical (unpaired) electrons. The van der Waals surface area contributed by atoms with E-state index in [-0.39, 0.29) is 5.69 Å². The average Bonchev–Trinajstić information content (AvgIpc) is 3.17. The zero-order valence-corrected chi connectivity index (χ0v) is 9.91. The largest absolute Gasteiger partial charge is 0.328 e. The summed E-state index contributed by atoms with van der Waals surface area (Å²) >= 11 is 0. The van der Waals surface area contributed by atoms with Crippen molar-refractivity contribution >= 4 is 0 Å². The predicted molar refractivity (Wildman–Crippen MR) is 67.2 cm³/mol. The minimum Gasteiger partial charge on any atom is -0.296 e. The second-order valence-corrected chi connectivity index (χ2v) is 4.62. The van der Waals surface area contributed by atoms with Gasteiger partial charge in [-0.3, -0.25) is 9.13 Å². The Morgan fingerprint density at radius 3 is 2.78 bits per heavy atom. The van der Waals surface area contributed by atoms with Crippen LogP contribution in [0, 0.1) is 11.3 Å². The Hall–Kier alpha value is -2.28. The van der Waals surface area contributed by atoms with Crippen LogP contribution in [0.2, 0.25) is 0 Å². The molecule has 0 N–H and O–H groups in total. The standard InChI is InChI=1S/C14H13N3O/c15-9-11-3-1-2-4-12(11)10-16-7-8-17(14(16)18)13-5-6-13/h1-4,7-8,13H,5-6,10H2. The van der Waals surface area contributed by atoms with Gasteiger partial charge in [-0.1, -0.05) is 18.2 Å². The molecule has 1 heterocycles. The summed E-state index contributed by atoms with van der Waals surface area (Å²) in [5, 5.41) is 9.03. The van der Waals surface area contributed by atoms with Crippen LogP contribution in [0.3, 0.4) is 0 Å². The number of nitrogens with zero attached hydrogens (tertiary/aromatic N) is 3. The number of hydrogen-bond donors (Lipinski definition) is 0. The van der Waals surface area contributed by atoms with Gasteiger partial charge < -0.3 is 0 Å². The van der Waals surface area contributed by atoms with E-state index in [2.05, 4.69) is 6.07 Å². The van der Waals surface area contributed by atoms with Crippen LogP contribution in [-0.2, 0) is 6.54 Å². The summed E-state index contributed by atoms with van der Waals surface area (Å²) in [5.74, 6) is 0. The van der Waals surface area contributed by atoms with Crippen molar-refractivity contribution in [1.29, 1.82) is 5.26 Å². The summed E-state index contributed by atoms with van der Waals surface area (Å²) in [6.45, 7) is 0.461. The molecular weight excluding hydrogens is 226 g/mol. The molecule has 90 valence electrons. The van der Waals surface area contributed by atoms with E-state index >= 15 is 0 Å². The second-order valence-electron chi connectivity index (χ2n) is 4.62. The Balaban J connectivity index is 1.93. The summed E-state index contributed by atoms with van der Waals surface area (Å²) < 4.78 is 3.45. The quantitative estimate of drug-likeness (QED) is 0.821. The fourth-order valence-corrected chi connectivity index (χ4v) is 2.13. The molecule has 1 aliphatic carbocycles. The van der Waals surface area contributed by atoms with Crippen molar-refractivity contribution in [2.45, 2.75) is 25.4 Å². The summed E-state index contributed by atoms with van der Waals surface area (Å²) in [7, 11) is 0. The van der Waals surface area contributed by atoms with Crippen molar-refractivity contribution in [2.75, 3.05) is 0 Å². The number of hydrogen-bond acceptors (Lipinski definition) is 2. The Morgan fingerprint density at radius 2 is 2.06 bits per heavy atom. The molecule has 1 saturated carbocycles. The van der Waals surface area contributed by atoms with Crippen LogP contribution in [0.5, 0.6) is 0 Å². The highest BCUT2D eigenvalue weighted by Crippen LogP contribution is 2.33. The van der Waals surface area contributed by atoms with Gasteiger partial charge in [-0.05, 0) is 24.5 Å². The third-order valence-corrected chi connectivity index (χ3v) is 3.29. The first-order chi connectivity index (χ1) is 8.79. The van der Waals surface area contributed by atoms with Crippen molar-refractivity contribution in [2.24, 2.45) is 0 Å². The minimum atomic E-state index is 0.0187. The van der Waals surface area contributed by atoms with E-state index in [1.54, 1.807) is 21.4 Å². The maximum absolute atomic E-state index is 12.1. The number of imidazole rings is 1. The molecule has 4 heteroatoms. The highest BCUT2D eigenvalue weighted by molar-refractivity contribution is 5.37. The Bertz CT molecular complexity index is 671. The van der Waals surface area contributed by atoms with Crippen LogP contribution >= 0.6 is 0 Å². The topological polar surface area (TPSA) is 50.7 Å². The zero-order chi connectivity index (χ0) is 12.5. The Morgan fingerprint density at radius 1 is 1.28 bits per heavy atom. The molecule has 0 bridgehead atoms. The lowest BCUT2D eigenvalue weighted by Crippen LogP contribution is -2.24. The molecule has 0 unspecified atom stereocenters. The van der Waals surface area contributed by atoms with E-state index in [0.717, 1.165) is 18.4 Å². The summed E-state index contributed by atoms with van der Waals surface area (Å²) in [5.41, 5.74) is 1.53. The second kappa shape index (κ2) is 4.19. The van der Waals surface area contributed by atoms with Gasteiger partial charge in [0, 0.05) is 18.4 Å². The fraction of sp³-hybridized carbons (Fsp3) is 0.286. The van der Waals surface area contributed by atoms with Gasteiger partial charge in [0.15, 0.2) is 0 Å². The predicted octanol–water partition coefficient (Wildman–Crippen LogP) is 1.90. The third kappa shape index (κ3) is 1.84. The molecule has 18 heavy (non-hydrogen) atoms. The number of aromatic nitrogens is 2. The number of nitriles is 1. The molecule has 0 aliphatic heterocycles. The molecule has 0 saturated heterocycles. The van der Waals surface area contributed by atoms with Crippen molar-refractivity contribution in [3.05, 3.63) is 58.3 Å². The lowest BCUT2D eigenvalue weighted by Gasteiger charge is -2.04. The van der Waals surface area contributed by atoms with Crippen LogP contribution in [0.25, 0.3) is 0 Å². The van der Waals surface area contributed by atoms with Gasteiger partial charge in [0.2, 0.25) is 0 Å². The Kier molecular flexibility index (Phi) is 2.52. The van der Waals surface area contributed by atoms with Crippen LogP contribution in [0.1, 0.15) is 30.0 Å². The molecule has 2 aromatic rings. The number of rotatable bonds is 3. The molecule has 1 fully saturated rings. The molecule has 1 aromatic carbocycles. The van der Waals surface area contributed by atoms with Gasteiger partial charge in [0.25, 0.3) is 0 Å². The smallest absolute Gasteiger partial charge is 0.296 e. The maximum atomic E-state index is 12.1. The van der Waals surface area contributed by atoms with Gasteiger partial charge in [0.05, 0.1) is 18.2 Å². The van der Waals surface area contributed by atoms with Gasteiger partial charge in [-0.15, -0.1) is 0 Å². The molecule has 4 nitrogen and oxygen atoms in total. The van der Waals surface area contributed by atoms with Gasteiger partial charge in [0.1, 0.15) is 0 Å². The van der Waals surface area contributed by atoms with E-state index in [9.17, 15) is 4.79 Å².